The van der Waals surface area contributed by atoms with Crippen LogP contribution >= 0.6 is 34.9 Å². The first-order valence-electron chi connectivity index (χ1n) is 10.3. The maximum Gasteiger partial charge on any atom is 0.220 e. The van der Waals surface area contributed by atoms with Crippen LogP contribution in [-0.2, 0) is 0 Å². The summed E-state index contributed by atoms with van der Waals surface area (Å²) in [5.74, 6) is 1.26. The lowest BCUT2D eigenvalue weighted by Crippen LogP contribution is -2.44. The van der Waals surface area contributed by atoms with Gasteiger partial charge in [-0.05, 0) is 25.6 Å². The Morgan fingerprint density at radius 1 is 1.19 bits per heavy atom. The summed E-state index contributed by atoms with van der Waals surface area (Å²) in [5.41, 5.74) is 9.23. The molecule has 1 saturated heterocycles. The van der Waals surface area contributed by atoms with Crippen molar-refractivity contribution < 1.29 is 0 Å². The molecule has 1 aliphatic rings. The summed E-state index contributed by atoms with van der Waals surface area (Å²) in [4.78, 5) is 19.1. The average molecular weight is 476 g/mol. The third kappa shape index (κ3) is 5.06. The predicted molar refractivity (Wildman–Crippen MR) is 134 cm³/mol. The van der Waals surface area contributed by atoms with E-state index in [1.807, 2.05) is 24.3 Å². The number of piperazine rings is 1. The lowest BCUT2D eigenvalue weighted by atomic mass is 10.1. The lowest BCUT2D eigenvalue weighted by molar-refractivity contribution is 0.313. The lowest BCUT2D eigenvalue weighted by Gasteiger charge is -2.32. The Hall–Kier alpha value is -2.07. The van der Waals surface area contributed by atoms with Crippen LogP contribution in [0.1, 0.15) is 13.3 Å². The van der Waals surface area contributed by atoms with Crippen LogP contribution in [0.4, 0.5) is 16.8 Å². The zero-order chi connectivity index (χ0) is 21.8. The van der Waals surface area contributed by atoms with Gasteiger partial charge in [-0.3, -0.25) is 0 Å². The molecule has 0 radical (unpaired) electrons. The third-order valence-electron chi connectivity index (χ3n) is 5.04. The van der Waals surface area contributed by atoms with Crippen LogP contribution in [0.3, 0.4) is 0 Å². The van der Waals surface area contributed by atoms with Crippen molar-refractivity contribution in [3.05, 3.63) is 35.5 Å². The minimum atomic E-state index is 0.246. The molecule has 0 amide bonds. The van der Waals surface area contributed by atoms with Crippen LogP contribution in [0.15, 0.2) is 30.5 Å². The quantitative estimate of drug-likeness (QED) is 0.375. The van der Waals surface area contributed by atoms with Gasteiger partial charge in [-0.1, -0.05) is 53.9 Å². The van der Waals surface area contributed by atoms with Gasteiger partial charge < -0.3 is 20.3 Å². The molecule has 3 N–H and O–H groups in total. The summed E-state index contributed by atoms with van der Waals surface area (Å²) in [7, 11) is 2.15. The van der Waals surface area contributed by atoms with E-state index in [4.69, 9.17) is 22.3 Å². The van der Waals surface area contributed by atoms with Gasteiger partial charge in [0.25, 0.3) is 0 Å². The van der Waals surface area contributed by atoms with Gasteiger partial charge >= 0.3 is 0 Å². The van der Waals surface area contributed by atoms with Gasteiger partial charge in [0.2, 0.25) is 5.95 Å². The number of halogens is 1. The molecule has 7 nitrogen and oxygen atoms in total. The number of hydrogen-bond donors (Lipinski definition) is 2. The maximum atomic E-state index is 6.84. The number of thiazole rings is 1. The van der Waals surface area contributed by atoms with Crippen LogP contribution in [0, 0.1) is 0 Å². The van der Waals surface area contributed by atoms with E-state index in [0.29, 0.717) is 5.02 Å². The number of nitrogens with zero attached hydrogens (tertiary/aromatic N) is 5. The van der Waals surface area contributed by atoms with Crippen molar-refractivity contribution >= 4 is 51.7 Å². The molecule has 164 valence electrons. The summed E-state index contributed by atoms with van der Waals surface area (Å²) < 4.78 is 3.37. The van der Waals surface area contributed by atoms with E-state index in [9.17, 15) is 0 Å². The number of nitrogen functional groups attached to an aromatic ring is 1. The van der Waals surface area contributed by atoms with Crippen molar-refractivity contribution in [3.8, 4) is 21.8 Å². The zero-order valence-electron chi connectivity index (χ0n) is 17.6. The summed E-state index contributed by atoms with van der Waals surface area (Å²) in [6, 6.07) is 7.87. The largest absolute Gasteiger partial charge is 0.368 e. The molecule has 1 aliphatic heterocycles. The van der Waals surface area contributed by atoms with Gasteiger partial charge in [-0.2, -0.15) is 0 Å². The maximum absolute atomic E-state index is 6.84. The van der Waals surface area contributed by atoms with E-state index in [1.54, 1.807) is 29.5 Å². The highest BCUT2D eigenvalue weighted by molar-refractivity contribution is 8.00. The first kappa shape index (κ1) is 22.1. The number of benzene rings is 1. The fourth-order valence-electron chi connectivity index (χ4n) is 3.32. The zero-order valence-corrected chi connectivity index (χ0v) is 20.0. The molecule has 1 aromatic carbocycles. The Kier molecular flexibility index (Phi) is 7.16. The van der Waals surface area contributed by atoms with Crippen LogP contribution in [0.2, 0.25) is 5.02 Å². The number of aromatic nitrogens is 3. The molecule has 1 fully saturated rings. The minimum Gasteiger partial charge on any atom is -0.368 e. The van der Waals surface area contributed by atoms with E-state index in [-0.39, 0.29) is 5.95 Å². The first-order valence-corrected chi connectivity index (χ1v) is 12.4. The van der Waals surface area contributed by atoms with Crippen LogP contribution in [-0.4, -0.2) is 58.8 Å². The molecule has 4 rings (SSSR count). The van der Waals surface area contributed by atoms with Crippen LogP contribution < -0.4 is 15.4 Å². The molecular weight excluding hydrogens is 450 g/mol. The van der Waals surface area contributed by atoms with Crippen molar-refractivity contribution in [3.63, 3.8) is 0 Å². The predicted octanol–water partition coefficient (Wildman–Crippen LogP) is 4.72. The number of hydrogen-bond acceptors (Lipinski definition) is 9. The molecular formula is C21H26ClN7S2. The number of likely N-dealkylation sites (N-methyl/N-ethyl adjacent to an activating group) is 1. The molecule has 10 heteroatoms. The fourth-order valence-corrected chi connectivity index (χ4v) is 5.38. The van der Waals surface area contributed by atoms with E-state index >= 15 is 0 Å². The molecule has 0 saturated carbocycles. The summed E-state index contributed by atoms with van der Waals surface area (Å²) in [6.07, 6.45) is 2.77. The topological polar surface area (TPSA) is 83.2 Å². The first-order chi connectivity index (χ1) is 15.1. The van der Waals surface area contributed by atoms with E-state index in [2.05, 4.69) is 38.5 Å². The monoisotopic (exact) mass is 475 g/mol. The van der Waals surface area contributed by atoms with Gasteiger partial charge in [-0.25, -0.2) is 15.0 Å². The molecule has 0 spiro atoms. The SMILES string of the molecule is CCCSNc1cccc(-c2nc(N3CCN(C)CC3)sc2-c2ccnc(N)n2)c1Cl. The fraction of sp³-hybridized carbons (Fsp3) is 0.381. The molecule has 0 atom stereocenters. The highest BCUT2D eigenvalue weighted by atomic mass is 35.5. The second kappa shape index (κ2) is 10.0. The third-order valence-corrected chi connectivity index (χ3v) is 7.56. The number of rotatable bonds is 7. The number of nitrogens with two attached hydrogens (primary N) is 1. The van der Waals surface area contributed by atoms with E-state index in [1.165, 1.54) is 0 Å². The highest BCUT2D eigenvalue weighted by Crippen LogP contribution is 2.44. The summed E-state index contributed by atoms with van der Waals surface area (Å²) >= 11 is 10.1. The molecule has 3 heterocycles. The van der Waals surface area contributed by atoms with Crippen LogP contribution in [0.5, 0.6) is 0 Å². The Labute approximate surface area is 196 Å². The summed E-state index contributed by atoms with van der Waals surface area (Å²) in [5, 5.41) is 1.63. The number of nitrogens with one attached hydrogen (secondary N) is 1. The Morgan fingerprint density at radius 3 is 2.74 bits per heavy atom. The molecule has 3 aromatic rings. The van der Waals surface area contributed by atoms with Gasteiger partial charge in [0.05, 0.1) is 27.0 Å². The van der Waals surface area contributed by atoms with E-state index < -0.39 is 0 Å². The van der Waals surface area contributed by atoms with Crippen molar-refractivity contribution in [1.82, 2.24) is 19.9 Å². The Bertz CT molecular complexity index is 1030. The second-order valence-electron chi connectivity index (χ2n) is 7.38. The normalized spacial score (nSPS) is 14.7. The van der Waals surface area contributed by atoms with Crippen molar-refractivity contribution in [2.75, 3.05) is 54.3 Å². The van der Waals surface area contributed by atoms with Gasteiger partial charge in [0.1, 0.15) is 0 Å². The highest BCUT2D eigenvalue weighted by Gasteiger charge is 2.24. The smallest absolute Gasteiger partial charge is 0.220 e. The van der Waals surface area contributed by atoms with Crippen molar-refractivity contribution in [2.45, 2.75) is 13.3 Å². The van der Waals surface area contributed by atoms with Crippen LogP contribution in [0.25, 0.3) is 21.8 Å². The van der Waals surface area contributed by atoms with Crippen molar-refractivity contribution in [1.29, 1.82) is 0 Å². The van der Waals surface area contributed by atoms with E-state index in [0.717, 1.165) is 71.0 Å². The van der Waals surface area contributed by atoms with Crippen molar-refractivity contribution in [2.24, 2.45) is 0 Å². The molecule has 0 bridgehead atoms. The molecule has 0 aliphatic carbocycles. The minimum absolute atomic E-state index is 0.246. The molecule has 31 heavy (non-hydrogen) atoms. The average Bonchev–Trinajstić information content (AvgIpc) is 3.21. The Morgan fingerprint density at radius 2 is 2.00 bits per heavy atom. The Balaban J connectivity index is 1.76. The van der Waals surface area contributed by atoms with Gasteiger partial charge in [0.15, 0.2) is 5.13 Å². The van der Waals surface area contributed by atoms with Gasteiger partial charge in [0, 0.05) is 43.7 Å². The van der Waals surface area contributed by atoms with Gasteiger partial charge in [-0.15, -0.1) is 0 Å². The summed E-state index contributed by atoms with van der Waals surface area (Å²) in [6.45, 7) is 6.07. The molecule has 0 unspecified atom stereocenters. The number of anilines is 3. The standard InChI is InChI=1S/C21H26ClN7S2/c1-3-13-30-27-15-6-4-5-14(17(15)22)18-19(16-7-8-24-20(23)25-16)31-21(26-18)29-11-9-28(2)10-12-29/h4-8,27H,3,9-13H2,1-2H3,(H2,23,24,25). The molecule has 2 aromatic heterocycles. The second-order valence-corrected chi connectivity index (χ2v) is 9.64.